The summed E-state index contributed by atoms with van der Waals surface area (Å²) in [4.78, 5) is 6.93. The number of nitrogens with zero attached hydrogens (tertiary/aromatic N) is 2. The third kappa shape index (κ3) is 3.08. The zero-order chi connectivity index (χ0) is 13.8. The molecule has 0 amide bonds. The molecule has 1 aromatic heterocycles. The van der Waals surface area contributed by atoms with Crippen LogP contribution in [0.4, 0.5) is 0 Å². The van der Waals surface area contributed by atoms with Crippen molar-refractivity contribution in [2.75, 3.05) is 19.6 Å². The lowest BCUT2D eigenvalue weighted by Crippen LogP contribution is -2.46. The smallest absolute Gasteiger partial charge is 0.0795 e. The molecule has 1 unspecified atom stereocenters. The van der Waals surface area contributed by atoms with E-state index in [1.165, 1.54) is 17.7 Å². The van der Waals surface area contributed by atoms with E-state index in [1.807, 2.05) is 5.51 Å². The van der Waals surface area contributed by atoms with Gasteiger partial charge in [-0.3, -0.25) is 4.90 Å². The highest BCUT2D eigenvalue weighted by atomic mass is 32.1. The van der Waals surface area contributed by atoms with Crippen LogP contribution < -0.4 is 5.32 Å². The van der Waals surface area contributed by atoms with Crippen LogP contribution >= 0.6 is 11.3 Å². The lowest BCUT2D eigenvalue weighted by molar-refractivity contribution is 0.212. The molecule has 1 aromatic carbocycles. The molecule has 0 spiro atoms. The molecular weight excluding hydrogens is 266 g/mol. The molecule has 0 aliphatic carbocycles. The van der Waals surface area contributed by atoms with Crippen molar-refractivity contribution in [1.82, 2.24) is 15.2 Å². The number of hydrogen-bond donors (Lipinski definition) is 1. The summed E-state index contributed by atoms with van der Waals surface area (Å²) in [6.45, 7) is 6.48. The van der Waals surface area contributed by atoms with Gasteiger partial charge in [-0.2, -0.15) is 0 Å². The third-order valence-corrected chi connectivity index (χ3v) is 4.62. The Bertz CT molecular complexity index is 526. The molecule has 0 saturated carbocycles. The molecular formula is C16H21N3S. The summed E-state index contributed by atoms with van der Waals surface area (Å²) in [5.41, 5.74) is 4.49. The van der Waals surface area contributed by atoms with Crippen molar-refractivity contribution in [3.05, 3.63) is 52.5 Å². The van der Waals surface area contributed by atoms with Crippen LogP contribution in [-0.2, 0) is 12.1 Å². The summed E-state index contributed by atoms with van der Waals surface area (Å²) in [7, 11) is 0. The standard InChI is InChI=1S/C16H21N3S/c1-16(14-6-3-2-4-7-14)12-19(9-5-8-18-16)10-15-11-20-13-17-15/h2-4,6-7,11,13,18H,5,8-10,12H2,1H3. The van der Waals surface area contributed by atoms with Crippen molar-refractivity contribution in [2.45, 2.75) is 25.4 Å². The molecule has 4 heteroatoms. The van der Waals surface area contributed by atoms with Crippen molar-refractivity contribution >= 4 is 11.3 Å². The quantitative estimate of drug-likeness (QED) is 0.941. The Morgan fingerprint density at radius 1 is 1.35 bits per heavy atom. The predicted molar refractivity (Wildman–Crippen MR) is 83.8 cm³/mol. The van der Waals surface area contributed by atoms with Gasteiger partial charge >= 0.3 is 0 Å². The van der Waals surface area contributed by atoms with Gasteiger partial charge in [0.25, 0.3) is 0 Å². The molecule has 1 saturated heterocycles. The number of rotatable bonds is 3. The molecule has 20 heavy (non-hydrogen) atoms. The average molecular weight is 287 g/mol. The first-order chi connectivity index (χ1) is 9.76. The summed E-state index contributed by atoms with van der Waals surface area (Å²) in [6, 6.07) is 10.8. The molecule has 2 aromatic rings. The molecule has 1 aliphatic heterocycles. The molecule has 0 radical (unpaired) electrons. The summed E-state index contributed by atoms with van der Waals surface area (Å²) < 4.78 is 0. The van der Waals surface area contributed by atoms with Crippen LogP contribution in [-0.4, -0.2) is 29.5 Å². The van der Waals surface area contributed by atoms with Crippen LogP contribution in [0.3, 0.4) is 0 Å². The summed E-state index contributed by atoms with van der Waals surface area (Å²) in [5.74, 6) is 0. The molecule has 1 fully saturated rings. The first kappa shape index (κ1) is 13.7. The molecule has 3 nitrogen and oxygen atoms in total. The zero-order valence-electron chi connectivity index (χ0n) is 11.9. The Hall–Kier alpha value is -1.23. The normalized spacial score (nSPS) is 24.4. The Morgan fingerprint density at radius 3 is 2.95 bits per heavy atom. The van der Waals surface area contributed by atoms with Gasteiger partial charge in [0.15, 0.2) is 0 Å². The van der Waals surface area contributed by atoms with Crippen molar-refractivity contribution in [3.63, 3.8) is 0 Å². The molecule has 106 valence electrons. The van der Waals surface area contributed by atoms with E-state index in [0.717, 1.165) is 26.2 Å². The highest BCUT2D eigenvalue weighted by Gasteiger charge is 2.30. The number of hydrogen-bond acceptors (Lipinski definition) is 4. The maximum absolute atomic E-state index is 4.42. The number of aromatic nitrogens is 1. The van der Waals surface area contributed by atoms with E-state index in [1.54, 1.807) is 11.3 Å². The minimum absolute atomic E-state index is 0.0216. The fourth-order valence-corrected chi connectivity index (χ4v) is 3.48. The van der Waals surface area contributed by atoms with Crippen molar-refractivity contribution in [2.24, 2.45) is 0 Å². The second-order valence-corrected chi connectivity index (χ2v) is 6.39. The van der Waals surface area contributed by atoms with Gasteiger partial charge in [0.2, 0.25) is 0 Å². The van der Waals surface area contributed by atoms with Gasteiger partial charge in [0.05, 0.1) is 16.7 Å². The molecule has 3 rings (SSSR count). The van der Waals surface area contributed by atoms with E-state index in [-0.39, 0.29) is 5.54 Å². The van der Waals surface area contributed by atoms with E-state index >= 15 is 0 Å². The van der Waals surface area contributed by atoms with Gasteiger partial charge in [-0.05, 0) is 32.0 Å². The summed E-state index contributed by atoms with van der Waals surface area (Å²) >= 11 is 1.68. The third-order valence-electron chi connectivity index (χ3n) is 3.99. The maximum atomic E-state index is 4.42. The fraction of sp³-hybridized carbons (Fsp3) is 0.438. The Morgan fingerprint density at radius 2 is 2.20 bits per heavy atom. The molecule has 1 N–H and O–H groups in total. The largest absolute Gasteiger partial charge is 0.307 e. The lowest BCUT2D eigenvalue weighted by atomic mass is 9.91. The highest BCUT2D eigenvalue weighted by Crippen LogP contribution is 2.24. The predicted octanol–water partition coefficient (Wildman–Crippen LogP) is 2.85. The van der Waals surface area contributed by atoms with Crippen LogP contribution in [0.15, 0.2) is 41.2 Å². The van der Waals surface area contributed by atoms with Crippen LogP contribution in [0.5, 0.6) is 0 Å². The Labute approximate surface area is 124 Å². The lowest BCUT2D eigenvalue weighted by Gasteiger charge is -2.34. The summed E-state index contributed by atoms with van der Waals surface area (Å²) in [5, 5.41) is 5.88. The molecule has 2 heterocycles. The monoisotopic (exact) mass is 287 g/mol. The topological polar surface area (TPSA) is 28.2 Å². The van der Waals surface area contributed by atoms with Crippen molar-refractivity contribution < 1.29 is 0 Å². The van der Waals surface area contributed by atoms with Gasteiger partial charge in [-0.25, -0.2) is 4.98 Å². The molecule has 0 bridgehead atoms. The van der Waals surface area contributed by atoms with E-state index in [9.17, 15) is 0 Å². The fourth-order valence-electron chi connectivity index (χ4n) is 2.93. The van der Waals surface area contributed by atoms with Gasteiger partial charge in [0, 0.05) is 18.5 Å². The Kier molecular flexibility index (Phi) is 4.15. The van der Waals surface area contributed by atoms with Gasteiger partial charge in [0.1, 0.15) is 0 Å². The van der Waals surface area contributed by atoms with Gasteiger partial charge in [-0.15, -0.1) is 11.3 Å². The van der Waals surface area contributed by atoms with Gasteiger partial charge < -0.3 is 5.32 Å². The van der Waals surface area contributed by atoms with Crippen LogP contribution in [0.2, 0.25) is 0 Å². The van der Waals surface area contributed by atoms with E-state index in [0.29, 0.717) is 0 Å². The molecule has 1 atom stereocenters. The van der Waals surface area contributed by atoms with Crippen molar-refractivity contribution in [1.29, 1.82) is 0 Å². The zero-order valence-corrected chi connectivity index (χ0v) is 12.7. The SMILES string of the molecule is CC1(c2ccccc2)CN(Cc2cscn2)CCCN1. The second-order valence-electron chi connectivity index (χ2n) is 5.67. The Balaban J connectivity index is 1.78. The number of nitrogens with one attached hydrogen (secondary N) is 1. The molecule has 1 aliphatic rings. The number of thiazole rings is 1. The van der Waals surface area contributed by atoms with Gasteiger partial charge in [-0.1, -0.05) is 30.3 Å². The van der Waals surface area contributed by atoms with Crippen LogP contribution in [0.25, 0.3) is 0 Å². The van der Waals surface area contributed by atoms with Crippen molar-refractivity contribution in [3.8, 4) is 0 Å². The minimum atomic E-state index is 0.0216. The highest BCUT2D eigenvalue weighted by molar-refractivity contribution is 7.07. The average Bonchev–Trinajstić information content (AvgIpc) is 2.90. The first-order valence-corrected chi connectivity index (χ1v) is 8.10. The van der Waals surface area contributed by atoms with E-state index in [4.69, 9.17) is 0 Å². The van der Waals surface area contributed by atoms with E-state index < -0.39 is 0 Å². The maximum Gasteiger partial charge on any atom is 0.0795 e. The van der Waals surface area contributed by atoms with Crippen LogP contribution in [0.1, 0.15) is 24.6 Å². The van der Waals surface area contributed by atoms with Crippen LogP contribution in [0, 0.1) is 0 Å². The number of benzene rings is 1. The summed E-state index contributed by atoms with van der Waals surface area (Å²) in [6.07, 6.45) is 1.19. The first-order valence-electron chi connectivity index (χ1n) is 7.16. The van der Waals surface area contributed by atoms with E-state index in [2.05, 4.69) is 57.8 Å². The second kappa shape index (κ2) is 6.04. The minimum Gasteiger partial charge on any atom is -0.307 e.